The van der Waals surface area contributed by atoms with E-state index >= 15 is 0 Å². The summed E-state index contributed by atoms with van der Waals surface area (Å²) in [6.07, 6.45) is 5.49. The summed E-state index contributed by atoms with van der Waals surface area (Å²) in [4.78, 5) is 13.9. The number of phenolic OH excluding ortho intramolecular Hbond substituents is 2. The Morgan fingerprint density at radius 1 is 1.32 bits per heavy atom. The van der Waals surface area contributed by atoms with E-state index < -0.39 is 0 Å². The van der Waals surface area contributed by atoms with Gasteiger partial charge in [-0.1, -0.05) is 11.2 Å². The highest BCUT2D eigenvalue weighted by atomic mass is 16.5. The lowest BCUT2D eigenvalue weighted by Crippen LogP contribution is -2.26. The van der Waals surface area contributed by atoms with Crippen molar-refractivity contribution in [2.45, 2.75) is 12.3 Å². The molecule has 0 aliphatic carbocycles. The number of carbonyl (C=O) groups is 1. The molecule has 1 unspecified atom stereocenters. The minimum atomic E-state index is -0.207. The third-order valence-electron chi connectivity index (χ3n) is 3.79. The molecule has 6 nitrogen and oxygen atoms in total. The number of nitrogens with zero attached hydrogens (tertiary/aromatic N) is 2. The summed E-state index contributed by atoms with van der Waals surface area (Å²) in [7, 11) is 0. The second kappa shape index (κ2) is 5.93. The zero-order valence-electron chi connectivity index (χ0n) is 11.8. The predicted octanol–water partition coefficient (Wildman–Crippen LogP) is 2.12. The van der Waals surface area contributed by atoms with Crippen molar-refractivity contribution in [2.24, 2.45) is 0 Å². The van der Waals surface area contributed by atoms with E-state index in [0.29, 0.717) is 18.7 Å². The fourth-order valence-corrected chi connectivity index (χ4v) is 2.55. The van der Waals surface area contributed by atoms with Crippen molar-refractivity contribution in [2.75, 3.05) is 13.1 Å². The van der Waals surface area contributed by atoms with E-state index in [-0.39, 0.29) is 23.3 Å². The Morgan fingerprint density at radius 3 is 2.91 bits per heavy atom. The maximum Gasteiger partial charge on any atom is 0.246 e. The van der Waals surface area contributed by atoms with E-state index in [0.717, 1.165) is 12.1 Å². The van der Waals surface area contributed by atoms with Crippen LogP contribution in [0.3, 0.4) is 0 Å². The van der Waals surface area contributed by atoms with Crippen LogP contribution in [0.25, 0.3) is 6.08 Å². The van der Waals surface area contributed by atoms with Gasteiger partial charge in [-0.15, -0.1) is 0 Å². The zero-order chi connectivity index (χ0) is 15.5. The van der Waals surface area contributed by atoms with Gasteiger partial charge in [0.2, 0.25) is 5.91 Å². The largest absolute Gasteiger partial charge is 0.504 e. The van der Waals surface area contributed by atoms with Crippen molar-refractivity contribution in [3.05, 3.63) is 47.9 Å². The van der Waals surface area contributed by atoms with Crippen LogP contribution in [0, 0.1) is 0 Å². The van der Waals surface area contributed by atoms with Crippen LogP contribution in [0.1, 0.15) is 23.6 Å². The quantitative estimate of drug-likeness (QED) is 0.669. The van der Waals surface area contributed by atoms with Gasteiger partial charge in [0.1, 0.15) is 6.26 Å². The van der Waals surface area contributed by atoms with Gasteiger partial charge in [-0.3, -0.25) is 4.79 Å². The Morgan fingerprint density at radius 2 is 2.18 bits per heavy atom. The van der Waals surface area contributed by atoms with Gasteiger partial charge in [0.25, 0.3) is 0 Å². The fraction of sp³-hybridized carbons (Fsp3) is 0.250. The molecule has 114 valence electrons. The van der Waals surface area contributed by atoms with E-state index in [1.165, 1.54) is 24.5 Å². The first-order chi connectivity index (χ1) is 10.6. The third-order valence-corrected chi connectivity index (χ3v) is 3.79. The van der Waals surface area contributed by atoms with Gasteiger partial charge in [0.05, 0.1) is 5.69 Å². The summed E-state index contributed by atoms with van der Waals surface area (Å²) in [5.41, 5.74) is 1.53. The molecule has 1 saturated heterocycles. The number of aromatic nitrogens is 1. The first-order valence-electron chi connectivity index (χ1n) is 7.03. The molecule has 0 bridgehead atoms. The van der Waals surface area contributed by atoms with Gasteiger partial charge in [-0.25, -0.2) is 0 Å². The minimum Gasteiger partial charge on any atom is -0.504 e. The van der Waals surface area contributed by atoms with Crippen LogP contribution in [0.5, 0.6) is 11.5 Å². The van der Waals surface area contributed by atoms with Gasteiger partial charge in [-0.2, -0.15) is 0 Å². The number of rotatable bonds is 3. The molecule has 0 saturated carbocycles. The number of aromatic hydroxyl groups is 2. The molecule has 0 radical (unpaired) electrons. The monoisotopic (exact) mass is 300 g/mol. The number of hydrogen-bond donors (Lipinski definition) is 2. The topological polar surface area (TPSA) is 86.8 Å². The maximum atomic E-state index is 12.2. The Bertz CT molecular complexity index is 694. The Kier molecular flexibility index (Phi) is 3.82. The lowest BCUT2D eigenvalue weighted by Gasteiger charge is -2.13. The van der Waals surface area contributed by atoms with Crippen LogP contribution >= 0.6 is 0 Å². The smallest absolute Gasteiger partial charge is 0.246 e. The maximum absolute atomic E-state index is 12.2. The Hall–Kier alpha value is -2.76. The number of amides is 1. The Labute approximate surface area is 127 Å². The van der Waals surface area contributed by atoms with Gasteiger partial charge in [-0.05, 0) is 30.2 Å². The number of phenols is 2. The highest BCUT2D eigenvalue weighted by Gasteiger charge is 2.27. The number of benzene rings is 1. The minimum absolute atomic E-state index is 0.0847. The normalized spacial score (nSPS) is 18.2. The number of hydrogen-bond acceptors (Lipinski definition) is 5. The van der Waals surface area contributed by atoms with Crippen molar-refractivity contribution in [1.82, 2.24) is 10.1 Å². The van der Waals surface area contributed by atoms with E-state index in [9.17, 15) is 15.0 Å². The molecule has 1 aromatic carbocycles. The molecule has 1 amide bonds. The summed E-state index contributed by atoms with van der Waals surface area (Å²) >= 11 is 0. The lowest BCUT2D eigenvalue weighted by molar-refractivity contribution is -0.124. The van der Waals surface area contributed by atoms with E-state index in [4.69, 9.17) is 4.52 Å². The van der Waals surface area contributed by atoms with E-state index in [1.54, 1.807) is 17.0 Å². The summed E-state index contributed by atoms with van der Waals surface area (Å²) in [5.74, 6) is -0.257. The van der Waals surface area contributed by atoms with E-state index in [2.05, 4.69) is 5.16 Å². The van der Waals surface area contributed by atoms with Crippen LogP contribution in [0.15, 0.2) is 41.1 Å². The van der Waals surface area contributed by atoms with Gasteiger partial charge >= 0.3 is 0 Å². The molecule has 2 aromatic rings. The SMILES string of the molecule is O=C(/C=C/c1ccc(O)c(O)c1)N1CCC(c2ccon2)C1. The molecule has 1 aliphatic heterocycles. The van der Waals surface area contributed by atoms with Crippen molar-refractivity contribution >= 4 is 12.0 Å². The average molecular weight is 300 g/mol. The van der Waals surface area contributed by atoms with Crippen molar-refractivity contribution < 1.29 is 19.5 Å². The summed E-state index contributed by atoms with van der Waals surface area (Å²) in [6, 6.07) is 6.24. The average Bonchev–Trinajstić information content (AvgIpc) is 3.18. The molecule has 1 atom stereocenters. The molecule has 3 rings (SSSR count). The molecule has 22 heavy (non-hydrogen) atoms. The fourth-order valence-electron chi connectivity index (χ4n) is 2.55. The predicted molar refractivity (Wildman–Crippen MR) is 79.2 cm³/mol. The van der Waals surface area contributed by atoms with Crippen LogP contribution in [-0.2, 0) is 4.79 Å². The molecule has 1 fully saturated rings. The second-order valence-corrected chi connectivity index (χ2v) is 5.28. The van der Waals surface area contributed by atoms with Crippen LogP contribution in [-0.4, -0.2) is 39.3 Å². The highest BCUT2D eigenvalue weighted by Crippen LogP contribution is 2.27. The van der Waals surface area contributed by atoms with E-state index in [1.807, 2.05) is 6.07 Å². The molecular formula is C16H16N2O4. The molecule has 0 spiro atoms. The summed E-state index contributed by atoms with van der Waals surface area (Å²) < 4.78 is 4.84. The zero-order valence-corrected chi connectivity index (χ0v) is 11.8. The Balaban J connectivity index is 1.62. The lowest BCUT2D eigenvalue weighted by atomic mass is 10.1. The van der Waals surface area contributed by atoms with Crippen LogP contribution in [0.4, 0.5) is 0 Å². The molecule has 6 heteroatoms. The molecule has 2 heterocycles. The first kappa shape index (κ1) is 14.2. The van der Waals surface area contributed by atoms with Crippen molar-refractivity contribution in [3.8, 4) is 11.5 Å². The third kappa shape index (κ3) is 2.95. The van der Waals surface area contributed by atoms with Crippen LogP contribution in [0.2, 0.25) is 0 Å². The van der Waals surface area contributed by atoms with Gasteiger partial charge < -0.3 is 19.6 Å². The molecular weight excluding hydrogens is 284 g/mol. The van der Waals surface area contributed by atoms with Crippen molar-refractivity contribution in [3.63, 3.8) is 0 Å². The standard InChI is InChI=1S/C16H16N2O4/c19-14-3-1-11(9-15(14)20)2-4-16(21)18-7-5-12(10-18)13-6-8-22-17-13/h1-4,6,8-9,12,19-20H,5,7,10H2/b4-2+. The summed E-state index contributed by atoms with van der Waals surface area (Å²) in [5, 5.41) is 22.6. The highest BCUT2D eigenvalue weighted by molar-refractivity contribution is 5.92. The van der Waals surface area contributed by atoms with Crippen LogP contribution < -0.4 is 0 Å². The molecule has 2 N–H and O–H groups in total. The second-order valence-electron chi connectivity index (χ2n) is 5.28. The number of likely N-dealkylation sites (tertiary alicyclic amines) is 1. The molecule has 1 aliphatic rings. The first-order valence-corrected chi connectivity index (χ1v) is 7.03. The summed E-state index contributed by atoms with van der Waals surface area (Å²) in [6.45, 7) is 1.30. The molecule has 1 aromatic heterocycles. The van der Waals surface area contributed by atoms with Gasteiger partial charge in [0, 0.05) is 31.1 Å². The van der Waals surface area contributed by atoms with Crippen molar-refractivity contribution in [1.29, 1.82) is 0 Å². The van der Waals surface area contributed by atoms with Gasteiger partial charge in [0.15, 0.2) is 11.5 Å². The number of carbonyl (C=O) groups excluding carboxylic acids is 1.